The molecule has 0 radical (unpaired) electrons. The monoisotopic (exact) mass is 305 g/mol. The van der Waals surface area contributed by atoms with E-state index in [9.17, 15) is 14.7 Å². The van der Waals surface area contributed by atoms with Crippen molar-refractivity contribution in [2.24, 2.45) is 5.41 Å². The Morgan fingerprint density at radius 3 is 2.57 bits per heavy atom. The number of carboxylic acid groups (broad SMARTS) is 1. The molecule has 2 rings (SSSR count). The topological polar surface area (TPSA) is 66.4 Å². The van der Waals surface area contributed by atoms with Gasteiger partial charge in [0.05, 0.1) is 5.41 Å². The van der Waals surface area contributed by atoms with Crippen molar-refractivity contribution in [2.45, 2.75) is 33.1 Å². The summed E-state index contributed by atoms with van der Waals surface area (Å²) in [4.78, 5) is 23.6. The fourth-order valence-electron chi connectivity index (χ4n) is 2.44. The van der Waals surface area contributed by atoms with Crippen molar-refractivity contribution in [1.82, 2.24) is 0 Å². The molecule has 0 spiro atoms. The summed E-state index contributed by atoms with van der Waals surface area (Å²) in [5.74, 6) is -1.16. The predicted octanol–water partition coefficient (Wildman–Crippen LogP) is 4.12. The van der Waals surface area contributed by atoms with E-state index in [-0.39, 0.29) is 12.3 Å². The highest BCUT2D eigenvalue weighted by atomic mass is 32.1. The molecule has 0 atom stereocenters. The fraction of sp³-hybridized carbons (Fsp3) is 0.375. The first kappa shape index (κ1) is 15.5. The normalized spacial score (nSPS) is 11.5. The Kier molecular flexibility index (Phi) is 4.63. The summed E-state index contributed by atoms with van der Waals surface area (Å²) >= 11 is 1.65. The molecular weight excluding hydrogens is 286 g/mol. The first-order valence-corrected chi connectivity index (χ1v) is 7.89. The molecular formula is C16H19NO3S. The number of aliphatic carboxylic acids is 1. The first-order valence-electron chi connectivity index (χ1n) is 7.01. The van der Waals surface area contributed by atoms with E-state index in [2.05, 4.69) is 5.32 Å². The highest BCUT2D eigenvalue weighted by Gasteiger charge is 2.37. The molecule has 1 heterocycles. The molecule has 0 saturated heterocycles. The molecule has 1 amide bonds. The Hall–Kier alpha value is -1.88. The van der Waals surface area contributed by atoms with Crippen molar-refractivity contribution >= 4 is 39.0 Å². The van der Waals surface area contributed by atoms with Crippen LogP contribution in [0.25, 0.3) is 10.1 Å². The summed E-state index contributed by atoms with van der Waals surface area (Å²) in [6, 6.07) is 7.70. The van der Waals surface area contributed by atoms with Gasteiger partial charge in [-0.05, 0) is 47.9 Å². The summed E-state index contributed by atoms with van der Waals surface area (Å²) in [6.07, 6.45) is 0.878. The predicted molar refractivity (Wildman–Crippen MR) is 85.7 cm³/mol. The third-order valence-electron chi connectivity index (χ3n) is 4.04. The number of carbonyl (C=O) groups is 2. The fourth-order valence-corrected chi connectivity index (χ4v) is 3.21. The summed E-state index contributed by atoms with van der Waals surface area (Å²) in [6.45, 7) is 3.62. The third-order valence-corrected chi connectivity index (χ3v) is 4.94. The lowest BCUT2D eigenvalue weighted by Crippen LogP contribution is -2.34. The standard InChI is InChI=1S/C16H19NO3S/c1-3-16(4-2,15(19)20)10-14(18)17-12-5-6-13-11(9-12)7-8-21-13/h5-9H,3-4,10H2,1-2H3,(H,17,18)(H,19,20). The molecule has 21 heavy (non-hydrogen) atoms. The van der Waals surface area contributed by atoms with Gasteiger partial charge in [0, 0.05) is 16.8 Å². The van der Waals surface area contributed by atoms with E-state index in [1.807, 2.05) is 43.5 Å². The van der Waals surface area contributed by atoms with Crippen molar-refractivity contribution in [2.75, 3.05) is 5.32 Å². The Bertz CT molecular complexity index is 658. The van der Waals surface area contributed by atoms with Crippen LogP contribution in [0, 0.1) is 5.41 Å². The lowest BCUT2D eigenvalue weighted by Gasteiger charge is -2.25. The van der Waals surface area contributed by atoms with Crippen LogP contribution in [-0.2, 0) is 9.59 Å². The number of nitrogens with one attached hydrogen (secondary N) is 1. The lowest BCUT2D eigenvalue weighted by atomic mass is 9.79. The van der Waals surface area contributed by atoms with Gasteiger partial charge >= 0.3 is 5.97 Å². The average molecular weight is 305 g/mol. The number of thiophene rings is 1. The first-order chi connectivity index (χ1) is 10.0. The summed E-state index contributed by atoms with van der Waals surface area (Å²) in [5.41, 5.74) is -0.270. The van der Waals surface area contributed by atoms with Gasteiger partial charge in [-0.25, -0.2) is 0 Å². The van der Waals surface area contributed by atoms with Gasteiger partial charge in [-0.2, -0.15) is 0 Å². The number of carbonyl (C=O) groups excluding carboxylic acids is 1. The Morgan fingerprint density at radius 1 is 1.24 bits per heavy atom. The minimum Gasteiger partial charge on any atom is -0.481 e. The van der Waals surface area contributed by atoms with Gasteiger partial charge in [0.1, 0.15) is 0 Å². The van der Waals surface area contributed by atoms with Crippen molar-refractivity contribution in [3.05, 3.63) is 29.6 Å². The van der Waals surface area contributed by atoms with Crippen LogP contribution in [0.1, 0.15) is 33.1 Å². The maximum atomic E-state index is 12.2. The summed E-state index contributed by atoms with van der Waals surface area (Å²) in [7, 11) is 0. The molecule has 112 valence electrons. The Labute approximate surface area is 127 Å². The van der Waals surface area contributed by atoms with Gasteiger partial charge < -0.3 is 10.4 Å². The van der Waals surface area contributed by atoms with Crippen LogP contribution in [0.3, 0.4) is 0 Å². The minimum atomic E-state index is -0.976. The second-order valence-corrected chi connectivity index (χ2v) is 6.14. The Morgan fingerprint density at radius 2 is 1.95 bits per heavy atom. The molecule has 0 saturated carbocycles. The van der Waals surface area contributed by atoms with E-state index in [1.54, 1.807) is 11.3 Å². The maximum absolute atomic E-state index is 12.2. The number of fused-ring (bicyclic) bond motifs is 1. The van der Waals surface area contributed by atoms with E-state index in [4.69, 9.17) is 0 Å². The van der Waals surface area contributed by atoms with Crippen LogP contribution < -0.4 is 5.32 Å². The van der Waals surface area contributed by atoms with Crippen molar-refractivity contribution in [3.63, 3.8) is 0 Å². The minimum absolute atomic E-state index is 0.00297. The molecule has 0 aliphatic heterocycles. The zero-order valence-corrected chi connectivity index (χ0v) is 13.0. The summed E-state index contributed by atoms with van der Waals surface area (Å²) in [5, 5.41) is 15.3. The maximum Gasteiger partial charge on any atom is 0.310 e. The van der Waals surface area contributed by atoms with Crippen LogP contribution in [0.4, 0.5) is 5.69 Å². The van der Waals surface area contributed by atoms with Crippen LogP contribution in [0.15, 0.2) is 29.6 Å². The van der Waals surface area contributed by atoms with Gasteiger partial charge in [0.25, 0.3) is 0 Å². The highest BCUT2D eigenvalue weighted by Crippen LogP contribution is 2.32. The Balaban J connectivity index is 2.11. The molecule has 0 fully saturated rings. The molecule has 1 aromatic carbocycles. The van der Waals surface area contributed by atoms with Gasteiger partial charge in [-0.3, -0.25) is 9.59 Å². The lowest BCUT2D eigenvalue weighted by molar-refractivity contribution is -0.151. The van der Waals surface area contributed by atoms with Crippen LogP contribution in [0.2, 0.25) is 0 Å². The van der Waals surface area contributed by atoms with Gasteiger partial charge in [0.2, 0.25) is 5.91 Å². The SMILES string of the molecule is CCC(CC)(CC(=O)Nc1ccc2sccc2c1)C(=O)O. The van der Waals surface area contributed by atoms with Crippen molar-refractivity contribution in [1.29, 1.82) is 0 Å². The second kappa shape index (κ2) is 6.26. The van der Waals surface area contributed by atoms with E-state index < -0.39 is 11.4 Å². The zero-order chi connectivity index (χ0) is 15.5. The van der Waals surface area contributed by atoms with E-state index in [1.165, 1.54) is 0 Å². The van der Waals surface area contributed by atoms with Crippen LogP contribution in [-0.4, -0.2) is 17.0 Å². The van der Waals surface area contributed by atoms with Gasteiger partial charge in [-0.1, -0.05) is 13.8 Å². The number of carboxylic acids is 1. The number of anilines is 1. The third kappa shape index (κ3) is 3.24. The molecule has 4 nitrogen and oxygen atoms in total. The van der Waals surface area contributed by atoms with E-state index >= 15 is 0 Å². The second-order valence-electron chi connectivity index (χ2n) is 5.19. The van der Waals surface area contributed by atoms with Gasteiger partial charge in [0.15, 0.2) is 0 Å². The molecule has 2 aromatic rings. The van der Waals surface area contributed by atoms with Crippen LogP contribution in [0.5, 0.6) is 0 Å². The van der Waals surface area contributed by atoms with Crippen molar-refractivity contribution in [3.8, 4) is 0 Å². The number of hydrogen-bond donors (Lipinski definition) is 2. The molecule has 2 N–H and O–H groups in total. The highest BCUT2D eigenvalue weighted by molar-refractivity contribution is 7.17. The average Bonchev–Trinajstić information content (AvgIpc) is 2.92. The molecule has 1 aromatic heterocycles. The van der Waals surface area contributed by atoms with E-state index in [0.29, 0.717) is 18.5 Å². The molecule has 0 aliphatic rings. The number of benzene rings is 1. The summed E-state index contributed by atoms with van der Waals surface area (Å²) < 4.78 is 1.16. The number of hydrogen-bond acceptors (Lipinski definition) is 3. The quantitative estimate of drug-likeness (QED) is 0.843. The number of amides is 1. The van der Waals surface area contributed by atoms with Crippen LogP contribution >= 0.6 is 11.3 Å². The molecule has 0 unspecified atom stereocenters. The smallest absolute Gasteiger partial charge is 0.310 e. The molecule has 0 bridgehead atoms. The largest absolute Gasteiger partial charge is 0.481 e. The molecule has 5 heteroatoms. The van der Waals surface area contributed by atoms with Crippen molar-refractivity contribution < 1.29 is 14.7 Å². The zero-order valence-electron chi connectivity index (χ0n) is 12.2. The molecule has 0 aliphatic carbocycles. The van der Waals surface area contributed by atoms with Gasteiger partial charge in [-0.15, -0.1) is 11.3 Å². The number of rotatable bonds is 6. The van der Waals surface area contributed by atoms with E-state index in [0.717, 1.165) is 10.1 Å².